The van der Waals surface area contributed by atoms with E-state index < -0.39 is 6.10 Å². The molecule has 0 aromatic heterocycles. The van der Waals surface area contributed by atoms with Crippen molar-refractivity contribution in [3.63, 3.8) is 0 Å². The van der Waals surface area contributed by atoms with Crippen LogP contribution >= 0.6 is 15.9 Å². The third-order valence-corrected chi connectivity index (χ3v) is 3.24. The molecule has 1 fully saturated rings. The molecular formula is C13H16BrNO3. The lowest BCUT2D eigenvalue weighted by molar-refractivity contribution is -0.143. The number of hydrogen-bond acceptors (Lipinski definition) is 4. The minimum absolute atomic E-state index is 0.271. The summed E-state index contributed by atoms with van der Waals surface area (Å²) in [4.78, 5) is 11.4. The van der Waals surface area contributed by atoms with Gasteiger partial charge in [-0.2, -0.15) is 0 Å². The Morgan fingerprint density at radius 1 is 1.56 bits per heavy atom. The number of esters is 1. The average molecular weight is 314 g/mol. The molecule has 5 heteroatoms. The maximum atomic E-state index is 11.4. The van der Waals surface area contributed by atoms with Gasteiger partial charge in [0.05, 0.1) is 6.61 Å². The molecule has 1 aliphatic heterocycles. The van der Waals surface area contributed by atoms with Gasteiger partial charge < -0.3 is 14.8 Å². The van der Waals surface area contributed by atoms with E-state index in [-0.39, 0.29) is 5.97 Å². The van der Waals surface area contributed by atoms with Gasteiger partial charge in [-0.3, -0.25) is 0 Å². The Labute approximate surface area is 115 Å². The van der Waals surface area contributed by atoms with Gasteiger partial charge in [0.2, 0.25) is 0 Å². The highest BCUT2D eigenvalue weighted by molar-refractivity contribution is 9.10. The molecule has 4 nitrogen and oxygen atoms in total. The minimum Gasteiger partial charge on any atom is -0.478 e. The molecule has 1 atom stereocenters. The first-order chi connectivity index (χ1) is 8.70. The van der Waals surface area contributed by atoms with E-state index >= 15 is 0 Å². The fourth-order valence-electron chi connectivity index (χ4n) is 1.80. The lowest BCUT2D eigenvalue weighted by Crippen LogP contribution is -2.23. The number of benzene rings is 1. The summed E-state index contributed by atoms with van der Waals surface area (Å²) >= 11 is 3.44. The van der Waals surface area contributed by atoms with Crippen LogP contribution in [-0.4, -0.2) is 25.2 Å². The Morgan fingerprint density at radius 2 is 2.39 bits per heavy atom. The summed E-state index contributed by atoms with van der Waals surface area (Å²) in [7, 11) is 0. The molecule has 2 rings (SSSR count). The van der Waals surface area contributed by atoms with Crippen molar-refractivity contribution < 1.29 is 14.3 Å². The van der Waals surface area contributed by atoms with Crippen LogP contribution in [0.25, 0.3) is 0 Å². The first-order valence-corrected chi connectivity index (χ1v) is 6.82. The van der Waals surface area contributed by atoms with Crippen molar-refractivity contribution in [2.75, 3.05) is 13.2 Å². The van der Waals surface area contributed by atoms with E-state index in [0.717, 1.165) is 22.3 Å². The Balaban J connectivity index is 2.12. The van der Waals surface area contributed by atoms with Crippen molar-refractivity contribution >= 4 is 21.9 Å². The van der Waals surface area contributed by atoms with Crippen LogP contribution in [-0.2, 0) is 16.1 Å². The second kappa shape index (κ2) is 6.20. The first-order valence-electron chi connectivity index (χ1n) is 6.03. The van der Waals surface area contributed by atoms with Crippen LogP contribution in [0.4, 0.5) is 0 Å². The lowest BCUT2D eigenvalue weighted by Gasteiger charge is -2.14. The number of carbonyl (C=O) groups is 1. The van der Waals surface area contributed by atoms with Crippen molar-refractivity contribution in [2.45, 2.75) is 26.0 Å². The molecule has 0 bridgehead atoms. The molecule has 1 saturated heterocycles. The van der Waals surface area contributed by atoms with Crippen LogP contribution < -0.4 is 10.1 Å². The SMILES string of the molecule is CCNCc1cc(Br)ccc1OC1CCOC1=O. The molecule has 1 unspecified atom stereocenters. The summed E-state index contributed by atoms with van der Waals surface area (Å²) in [5.41, 5.74) is 1.03. The molecule has 0 amide bonds. The number of hydrogen-bond donors (Lipinski definition) is 1. The monoisotopic (exact) mass is 313 g/mol. The van der Waals surface area contributed by atoms with E-state index in [1.807, 2.05) is 25.1 Å². The first kappa shape index (κ1) is 13.4. The van der Waals surface area contributed by atoms with Crippen LogP contribution in [0.15, 0.2) is 22.7 Å². The molecule has 0 aliphatic carbocycles. The summed E-state index contributed by atoms with van der Waals surface area (Å²) in [6.45, 7) is 4.10. The summed E-state index contributed by atoms with van der Waals surface area (Å²) in [5, 5.41) is 3.25. The van der Waals surface area contributed by atoms with Crippen LogP contribution in [0.3, 0.4) is 0 Å². The third-order valence-electron chi connectivity index (χ3n) is 2.74. The summed E-state index contributed by atoms with van der Waals surface area (Å²) in [6.07, 6.45) is 0.154. The number of nitrogens with one attached hydrogen (secondary N) is 1. The highest BCUT2D eigenvalue weighted by Crippen LogP contribution is 2.26. The van der Waals surface area contributed by atoms with Gasteiger partial charge in [0.25, 0.3) is 0 Å². The van der Waals surface area contributed by atoms with Gasteiger partial charge in [-0.1, -0.05) is 22.9 Å². The molecule has 1 aromatic carbocycles. The van der Waals surface area contributed by atoms with Gasteiger partial charge in [-0.15, -0.1) is 0 Å². The third kappa shape index (κ3) is 3.23. The van der Waals surface area contributed by atoms with E-state index in [9.17, 15) is 4.79 Å². The van der Waals surface area contributed by atoms with Crippen LogP contribution in [0.5, 0.6) is 5.75 Å². The van der Waals surface area contributed by atoms with Gasteiger partial charge >= 0.3 is 5.97 Å². The van der Waals surface area contributed by atoms with E-state index in [1.54, 1.807) is 0 Å². The van der Waals surface area contributed by atoms with E-state index in [0.29, 0.717) is 19.6 Å². The minimum atomic E-state index is -0.466. The van der Waals surface area contributed by atoms with Crippen molar-refractivity contribution in [1.29, 1.82) is 0 Å². The zero-order valence-electron chi connectivity index (χ0n) is 10.2. The zero-order chi connectivity index (χ0) is 13.0. The largest absolute Gasteiger partial charge is 0.478 e. The number of carbonyl (C=O) groups excluding carboxylic acids is 1. The second-order valence-electron chi connectivity index (χ2n) is 4.10. The molecule has 98 valence electrons. The standard InChI is InChI=1S/C13H16BrNO3/c1-2-15-8-9-7-10(14)3-4-11(9)18-12-5-6-17-13(12)16/h3-4,7,12,15H,2,5-6,8H2,1H3. The van der Waals surface area contributed by atoms with Crippen molar-refractivity contribution in [3.05, 3.63) is 28.2 Å². The molecule has 1 aliphatic rings. The number of halogens is 1. The Hall–Kier alpha value is -1.07. The maximum absolute atomic E-state index is 11.4. The predicted molar refractivity (Wildman–Crippen MR) is 71.5 cm³/mol. The Morgan fingerprint density at radius 3 is 3.06 bits per heavy atom. The maximum Gasteiger partial charge on any atom is 0.347 e. The molecular weight excluding hydrogens is 298 g/mol. The zero-order valence-corrected chi connectivity index (χ0v) is 11.8. The average Bonchev–Trinajstić information content (AvgIpc) is 2.75. The molecule has 1 heterocycles. The van der Waals surface area contributed by atoms with E-state index in [4.69, 9.17) is 9.47 Å². The topological polar surface area (TPSA) is 47.6 Å². The quantitative estimate of drug-likeness (QED) is 0.847. The molecule has 1 aromatic rings. The fourth-order valence-corrected chi connectivity index (χ4v) is 2.21. The second-order valence-corrected chi connectivity index (χ2v) is 5.01. The highest BCUT2D eigenvalue weighted by Gasteiger charge is 2.28. The molecule has 0 saturated carbocycles. The number of ether oxygens (including phenoxy) is 2. The van der Waals surface area contributed by atoms with Gasteiger partial charge in [-0.05, 0) is 24.7 Å². The van der Waals surface area contributed by atoms with Gasteiger partial charge in [0, 0.05) is 23.0 Å². The van der Waals surface area contributed by atoms with Gasteiger partial charge in [0.15, 0.2) is 6.10 Å². The molecule has 0 radical (unpaired) electrons. The van der Waals surface area contributed by atoms with Crippen molar-refractivity contribution in [2.24, 2.45) is 0 Å². The smallest absolute Gasteiger partial charge is 0.347 e. The van der Waals surface area contributed by atoms with Crippen LogP contribution in [0, 0.1) is 0 Å². The molecule has 18 heavy (non-hydrogen) atoms. The number of rotatable bonds is 5. The summed E-state index contributed by atoms with van der Waals surface area (Å²) in [5.74, 6) is 0.468. The predicted octanol–water partition coefficient (Wildman–Crippen LogP) is 2.25. The Kier molecular flexibility index (Phi) is 4.60. The highest BCUT2D eigenvalue weighted by atomic mass is 79.9. The normalized spacial score (nSPS) is 18.8. The fraction of sp³-hybridized carbons (Fsp3) is 0.462. The van der Waals surface area contributed by atoms with Crippen LogP contribution in [0.2, 0.25) is 0 Å². The summed E-state index contributed by atoms with van der Waals surface area (Å²) in [6, 6.07) is 5.78. The van der Waals surface area contributed by atoms with Crippen LogP contribution in [0.1, 0.15) is 18.9 Å². The lowest BCUT2D eigenvalue weighted by atomic mass is 10.2. The van der Waals surface area contributed by atoms with Gasteiger partial charge in [0.1, 0.15) is 5.75 Å². The van der Waals surface area contributed by atoms with E-state index in [2.05, 4.69) is 21.2 Å². The van der Waals surface area contributed by atoms with E-state index in [1.165, 1.54) is 0 Å². The van der Waals surface area contributed by atoms with Gasteiger partial charge in [-0.25, -0.2) is 4.79 Å². The summed E-state index contributed by atoms with van der Waals surface area (Å²) < 4.78 is 11.6. The Bertz CT molecular complexity index is 436. The van der Waals surface area contributed by atoms with Crippen molar-refractivity contribution in [3.8, 4) is 5.75 Å². The molecule has 0 spiro atoms. The van der Waals surface area contributed by atoms with Crippen molar-refractivity contribution in [1.82, 2.24) is 5.32 Å². The number of cyclic esters (lactones) is 1. The molecule has 1 N–H and O–H groups in total.